The maximum absolute atomic E-state index is 10.7. The van der Waals surface area contributed by atoms with Gasteiger partial charge in [0.15, 0.2) is 0 Å². The van der Waals surface area contributed by atoms with E-state index in [1.807, 2.05) is 0 Å². The molecule has 0 aromatic carbocycles. The van der Waals surface area contributed by atoms with Gasteiger partial charge in [-0.2, -0.15) is 8.42 Å². The standard InChI is InChI=1S/C6H10O3S.Na.H/c1-3-5-9-10(7,8)6-4-2;;/h1H,4-6H2,2H3;;/q;+1;-1. The molecule has 0 unspecified atom stereocenters. The minimum Gasteiger partial charge on any atom is -1.00 e. The van der Waals surface area contributed by atoms with E-state index in [1.165, 1.54) is 0 Å². The predicted octanol–water partition coefficient (Wildman–Crippen LogP) is -2.51. The van der Waals surface area contributed by atoms with Crippen LogP contribution in [-0.4, -0.2) is 20.8 Å². The summed E-state index contributed by atoms with van der Waals surface area (Å²) in [5.74, 6) is 2.12. The second kappa shape index (κ2) is 7.14. The molecule has 0 aliphatic rings. The van der Waals surface area contributed by atoms with Gasteiger partial charge < -0.3 is 1.43 Å². The van der Waals surface area contributed by atoms with Crippen LogP contribution < -0.4 is 29.6 Å². The van der Waals surface area contributed by atoms with Crippen molar-refractivity contribution in [3.63, 3.8) is 0 Å². The van der Waals surface area contributed by atoms with Gasteiger partial charge in [0.25, 0.3) is 10.1 Å². The summed E-state index contributed by atoms with van der Waals surface area (Å²) >= 11 is 0. The van der Waals surface area contributed by atoms with Gasteiger partial charge in [-0.25, -0.2) is 0 Å². The van der Waals surface area contributed by atoms with Crippen LogP contribution in [0.2, 0.25) is 0 Å². The van der Waals surface area contributed by atoms with Crippen LogP contribution in [-0.2, 0) is 14.3 Å². The molecule has 0 atom stereocenters. The molecular weight excluding hydrogens is 175 g/mol. The number of rotatable bonds is 4. The second-order valence-corrected chi connectivity index (χ2v) is 3.49. The summed E-state index contributed by atoms with van der Waals surface area (Å²) in [4.78, 5) is 0. The van der Waals surface area contributed by atoms with Crippen molar-refractivity contribution in [1.82, 2.24) is 0 Å². The molecule has 0 heterocycles. The predicted molar refractivity (Wildman–Crippen MR) is 40.0 cm³/mol. The zero-order valence-electron chi connectivity index (χ0n) is 7.83. The quantitative estimate of drug-likeness (QED) is 0.277. The van der Waals surface area contributed by atoms with Crippen molar-refractivity contribution in [2.45, 2.75) is 13.3 Å². The fraction of sp³-hybridized carbons (Fsp3) is 0.667. The first-order valence-corrected chi connectivity index (χ1v) is 4.50. The summed E-state index contributed by atoms with van der Waals surface area (Å²) in [7, 11) is -3.34. The van der Waals surface area contributed by atoms with Crippen molar-refractivity contribution >= 4 is 10.1 Å². The molecule has 0 rings (SSSR count). The number of terminal acetylenes is 1. The van der Waals surface area contributed by atoms with Gasteiger partial charge in [0, 0.05) is 0 Å². The molecule has 0 fully saturated rings. The van der Waals surface area contributed by atoms with Crippen LogP contribution >= 0.6 is 0 Å². The first-order valence-electron chi connectivity index (χ1n) is 2.93. The summed E-state index contributed by atoms with van der Waals surface area (Å²) in [6.07, 6.45) is 5.34. The Kier molecular flexibility index (Phi) is 9.10. The summed E-state index contributed by atoms with van der Waals surface area (Å²) < 4.78 is 25.7. The molecule has 0 aliphatic carbocycles. The molecule has 0 amide bonds. The summed E-state index contributed by atoms with van der Waals surface area (Å²) in [6.45, 7) is 1.60. The van der Waals surface area contributed by atoms with Gasteiger partial charge in [-0.1, -0.05) is 12.8 Å². The third-order valence-corrected chi connectivity index (χ3v) is 2.16. The minimum atomic E-state index is -3.34. The van der Waals surface area contributed by atoms with E-state index in [0.717, 1.165) is 0 Å². The van der Waals surface area contributed by atoms with Gasteiger partial charge in [-0.05, 0) is 6.42 Å². The van der Waals surface area contributed by atoms with Gasteiger partial charge in [-0.3, -0.25) is 4.18 Å². The summed E-state index contributed by atoms with van der Waals surface area (Å²) in [5, 5.41) is 0. The summed E-state index contributed by atoms with van der Waals surface area (Å²) in [6, 6.07) is 0. The van der Waals surface area contributed by atoms with Crippen molar-refractivity contribution in [1.29, 1.82) is 0 Å². The van der Waals surface area contributed by atoms with Gasteiger partial charge in [0.2, 0.25) is 0 Å². The first kappa shape index (κ1) is 14.0. The van der Waals surface area contributed by atoms with E-state index in [2.05, 4.69) is 10.1 Å². The van der Waals surface area contributed by atoms with E-state index in [4.69, 9.17) is 6.42 Å². The van der Waals surface area contributed by atoms with Crippen LogP contribution in [0.3, 0.4) is 0 Å². The average molecular weight is 186 g/mol. The molecule has 0 saturated heterocycles. The maximum atomic E-state index is 10.7. The fourth-order valence-electron chi connectivity index (χ4n) is 0.433. The van der Waals surface area contributed by atoms with Crippen LogP contribution in [0.15, 0.2) is 0 Å². The SMILES string of the molecule is C#CCOS(=O)(=O)CCC.[H-].[Na+]. The first-order chi connectivity index (χ1) is 4.62. The maximum Gasteiger partial charge on any atom is 1.00 e. The zero-order chi connectivity index (χ0) is 8.04. The van der Waals surface area contributed by atoms with Crippen LogP contribution in [0.1, 0.15) is 14.8 Å². The van der Waals surface area contributed by atoms with Gasteiger partial charge in [0.05, 0.1) is 5.75 Å². The zero-order valence-corrected chi connectivity index (χ0v) is 9.65. The topological polar surface area (TPSA) is 43.4 Å². The Labute approximate surface area is 91.4 Å². The molecular formula is C6H11NaO3S. The Morgan fingerprint density at radius 3 is 2.55 bits per heavy atom. The van der Waals surface area contributed by atoms with E-state index in [1.54, 1.807) is 6.92 Å². The molecule has 3 nitrogen and oxygen atoms in total. The molecule has 0 aromatic heterocycles. The largest absolute Gasteiger partial charge is 1.00 e. The molecule has 60 valence electrons. The molecule has 0 aromatic rings. The van der Waals surface area contributed by atoms with Gasteiger partial charge in [0.1, 0.15) is 6.61 Å². The van der Waals surface area contributed by atoms with Crippen molar-refractivity contribution in [2.24, 2.45) is 0 Å². The van der Waals surface area contributed by atoms with Crippen LogP contribution in [0.5, 0.6) is 0 Å². The van der Waals surface area contributed by atoms with Crippen LogP contribution in [0.4, 0.5) is 0 Å². The molecule has 0 aliphatic heterocycles. The minimum absolute atomic E-state index is 0. The molecule has 0 radical (unpaired) electrons. The molecule has 0 saturated carbocycles. The number of hydrogen-bond acceptors (Lipinski definition) is 3. The Morgan fingerprint density at radius 2 is 2.18 bits per heavy atom. The smallest absolute Gasteiger partial charge is 1.00 e. The van der Waals surface area contributed by atoms with Crippen molar-refractivity contribution < 1.29 is 43.6 Å². The fourth-order valence-corrected chi connectivity index (χ4v) is 1.30. The summed E-state index contributed by atoms with van der Waals surface area (Å²) in [5.41, 5.74) is 0. The van der Waals surface area contributed by atoms with Crippen molar-refractivity contribution in [3.05, 3.63) is 0 Å². The molecule has 0 N–H and O–H groups in total. The van der Waals surface area contributed by atoms with Crippen LogP contribution in [0, 0.1) is 12.3 Å². The number of hydrogen-bond donors (Lipinski definition) is 0. The Bertz CT molecular complexity index is 219. The van der Waals surface area contributed by atoms with Gasteiger partial charge in [-0.15, -0.1) is 6.42 Å². The van der Waals surface area contributed by atoms with Crippen molar-refractivity contribution in [3.8, 4) is 12.3 Å². The Hall–Kier alpha value is 0.470. The van der Waals surface area contributed by atoms with E-state index in [-0.39, 0.29) is 43.3 Å². The average Bonchev–Trinajstić information content (AvgIpc) is 1.84. The normalized spacial score (nSPS) is 9.82. The Morgan fingerprint density at radius 1 is 1.64 bits per heavy atom. The Balaban J connectivity index is -0.000000405. The molecule has 0 bridgehead atoms. The molecule has 11 heavy (non-hydrogen) atoms. The molecule has 0 spiro atoms. The van der Waals surface area contributed by atoms with Crippen molar-refractivity contribution in [2.75, 3.05) is 12.4 Å². The van der Waals surface area contributed by atoms with E-state index in [9.17, 15) is 8.42 Å². The second-order valence-electron chi connectivity index (χ2n) is 1.73. The third-order valence-electron chi connectivity index (χ3n) is 0.776. The van der Waals surface area contributed by atoms with E-state index < -0.39 is 10.1 Å². The molecule has 5 heteroatoms. The van der Waals surface area contributed by atoms with Gasteiger partial charge >= 0.3 is 29.6 Å². The monoisotopic (exact) mass is 186 g/mol. The van der Waals surface area contributed by atoms with E-state index >= 15 is 0 Å². The third kappa shape index (κ3) is 8.38. The van der Waals surface area contributed by atoms with E-state index in [0.29, 0.717) is 6.42 Å². The van der Waals surface area contributed by atoms with Crippen LogP contribution in [0.25, 0.3) is 0 Å².